The normalized spacial score (nSPS) is 11.4. The fourth-order valence-corrected chi connectivity index (χ4v) is 2.32. The maximum Gasteiger partial charge on any atom is 0.167 e. The number of Topliss-reactive ketones (excluding diaryl/α,β-unsaturated/α-hetero) is 1. The molecule has 1 aliphatic rings. The summed E-state index contributed by atoms with van der Waals surface area (Å²) in [7, 11) is 0. The summed E-state index contributed by atoms with van der Waals surface area (Å²) in [5.74, 6) is 0.237. The largest absolute Gasteiger partial charge is 0.358 e. The van der Waals surface area contributed by atoms with Gasteiger partial charge in [0.15, 0.2) is 5.78 Å². The molecule has 1 aliphatic carbocycles. The quantitative estimate of drug-likeness (QED) is 0.645. The first kappa shape index (κ1) is 19.2. The molecule has 2 aromatic rings. The van der Waals surface area contributed by atoms with E-state index in [1.54, 1.807) is 0 Å². The third-order valence-corrected chi connectivity index (χ3v) is 3.17. The molecule has 0 fully saturated rings. The molecule has 20 heavy (non-hydrogen) atoms. The second-order valence-corrected chi connectivity index (χ2v) is 4.20. The van der Waals surface area contributed by atoms with Gasteiger partial charge in [-0.2, -0.15) is 0 Å². The molecule has 0 heterocycles. The molecule has 0 amide bonds. The van der Waals surface area contributed by atoms with Crippen LogP contribution in [-0.4, -0.2) is 5.78 Å². The van der Waals surface area contributed by atoms with Crippen LogP contribution in [0, 0.1) is 7.43 Å². The summed E-state index contributed by atoms with van der Waals surface area (Å²) in [6.07, 6.45) is 1.41. The van der Waals surface area contributed by atoms with Gasteiger partial charge in [-0.05, 0) is 23.1 Å². The summed E-state index contributed by atoms with van der Waals surface area (Å²) in [5, 5.41) is 0. The zero-order chi connectivity index (χ0) is 13.0. The third-order valence-electron chi connectivity index (χ3n) is 3.17. The summed E-state index contributed by atoms with van der Waals surface area (Å²) in [5.41, 5.74) is 4.49. The monoisotopic (exact) mass is 342 g/mol. The van der Waals surface area contributed by atoms with Crippen molar-refractivity contribution < 1.29 is 37.5 Å². The summed E-state index contributed by atoms with van der Waals surface area (Å²) in [6.45, 7) is 4.00. The van der Waals surface area contributed by atoms with Gasteiger partial charge < -0.3 is 7.43 Å². The number of hydrogen-bond donors (Lipinski definition) is 0. The van der Waals surface area contributed by atoms with Gasteiger partial charge >= 0.3 is 0 Å². The van der Waals surface area contributed by atoms with Gasteiger partial charge in [0.25, 0.3) is 0 Å². The molecule has 0 saturated heterocycles. The number of ketones is 1. The molecule has 1 radical (unpaired) electrons. The predicted molar refractivity (Wildman–Crippen MR) is 81.5 cm³/mol. The molecule has 0 aromatic heterocycles. The van der Waals surface area contributed by atoms with Crippen LogP contribution in [0.2, 0.25) is 0 Å². The summed E-state index contributed by atoms with van der Waals surface area (Å²) in [4.78, 5) is 12.1. The molecule has 2 heteroatoms. The van der Waals surface area contributed by atoms with Crippen LogP contribution in [0.15, 0.2) is 48.5 Å². The Hall–Kier alpha value is -0.786. The van der Waals surface area contributed by atoms with Crippen molar-refractivity contribution in [1.29, 1.82) is 0 Å². The van der Waals surface area contributed by atoms with Crippen molar-refractivity contribution in [2.45, 2.75) is 26.7 Å². The summed E-state index contributed by atoms with van der Waals surface area (Å²) in [6, 6.07) is 16.1. The Morgan fingerprint density at radius 1 is 0.750 bits per heavy atom. The number of fused-ring (bicyclic) bond motifs is 2. The summed E-state index contributed by atoms with van der Waals surface area (Å²) >= 11 is 0. The molecule has 0 aliphatic heterocycles. The molecule has 0 atom stereocenters. The first-order chi connectivity index (χ1) is 8.84. The Labute approximate surface area is 147 Å². The second-order valence-electron chi connectivity index (χ2n) is 4.20. The van der Waals surface area contributed by atoms with Crippen molar-refractivity contribution in [2.24, 2.45) is 0 Å². The molecule has 0 N–H and O–H groups in total. The number of hydrogen-bond acceptors (Lipinski definition) is 1. The Kier molecular flexibility index (Phi) is 8.84. The topological polar surface area (TPSA) is 17.1 Å². The van der Waals surface area contributed by atoms with E-state index in [-0.39, 0.29) is 45.9 Å². The first-order valence-electron chi connectivity index (χ1n) is 6.52. The molecule has 0 bridgehead atoms. The number of carbonyl (C=O) groups excluding carboxylic acids is 1. The molecule has 103 valence electrons. The van der Waals surface area contributed by atoms with Crippen LogP contribution in [0.5, 0.6) is 0 Å². The van der Waals surface area contributed by atoms with E-state index in [2.05, 4.69) is 18.2 Å². The van der Waals surface area contributed by atoms with Gasteiger partial charge in [0, 0.05) is 44.7 Å². The van der Waals surface area contributed by atoms with Crippen LogP contribution in [-0.2, 0) is 45.6 Å². The van der Waals surface area contributed by atoms with E-state index in [1.807, 2.05) is 44.2 Å². The molecule has 0 saturated carbocycles. The van der Waals surface area contributed by atoms with Crippen molar-refractivity contribution in [3.63, 3.8) is 0 Å². The van der Waals surface area contributed by atoms with Gasteiger partial charge in [0.05, 0.1) is 0 Å². The fourth-order valence-electron chi connectivity index (χ4n) is 2.32. The van der Waals surface area contributed by atoms with Crippen molar-refractivity contribution in [1.82, 2.24) is 0 Å². The van der Waals surface area contributed by atoms with Gasteiger partial charge in [-0.15, -0.1) is 0 Å². The van der Waals surface area contributed by atoms with Gasteiger partial charge in [-0.1, -0.05) is 62.4 Å². The average molecular weight is 342 g/mol. The number of carbonyl (C=O) groups is 1. The van der Waals surface area contributed by atoms with Crippen molar-refractivity contribution in [3.8, 4) is 0 Å². The van der Waals surface area contributed by atoms with Crippen LogP contribution in [0.3, 0.4) is 0 Å². The molecule has 3 rings (SSSR count). The van der Waals surface area contributed by atoms with Crippen molar-refractivity contribution in [3.05, 3.63) is 78.2 Å². The van der Waals surface area contributed by atoms with Gasteiger partial charge in [-0.3, -0.25) is 4.79 Å². The Balaban J connectivity index is 0.000000866. The standard InChI is InChI=1S/C15H12O.C2H6.CH3.Y/c16-15-10-12-6-2-1-5-11(12)9-13-7-3-4-8-14(13)15;1-2;;/h1-8H,9-10H2;1-2H3;1H3;/q;;-1;. The fraction of sp³-hybridized carbons (Fsp3) is 0.222. The van der Waals surface area contributed by atoms with E-state index in [9.17, 15) is 4.79 Å². The smallest absolute Gasteiger partial charge is 0.167 e. The maximum absolute atomic E-state index is 12.1. The number of benzene rings is 2. The van der Waals surface area contributed by atoms with E-state index < -0.39 is 0 Å². The molecule has 1 nitrogen and oxygen atoms in total. The van der Waals surface area contributed by atoms with Crippen LogP contribution < -0.4 is 0 Å². The zero-order valence-electron chi connectivity index (χ0n) is 12.5. The summed E-state index contributed by atoms with van der Waals surface area (Å²) < 4.78 is 0. The maximum atomic E-state index is 12.1. The van der Waals surface area contributed by atoms with Crippen LogP contribution in [0.25, 0.3) is 0 Å². The minimum Gasteiger partial charge on any atom is -0.358 e. The van der Waals surface area contributed by atoms with Crippen LogP contribution in [0.1, 0.15) is 40.9 Å². The zero-order valence-corrected chi connectivity index (χ0v) is 15.4. The molecule has 0 spiro atoms. The van der Waals surface area contributed by atoms with Gasteiger partial charge in [0.1, 0.15) is 0 Å². The Morgan fingerprint density at radius 2 is 1.20 bits per heavy atom. The van der Waals surface area contributed by atoms with E-state index in [0.717, 1.165) is 17.5 Å². The van der Waals surface area contributed by atoms with E-state index in [1.165, 1.54) is 11.1 Å². The molecular formula is C18H21OY-. The molecular weight excluding hydrogens is 321 g/mol. The average Bonchev–Trinajstić information content (AvgIpc) is 2.57. The third kappa shape index (κ3) is 4.10. The van der Waals surface area contributed by atoms with Crippen molar-refractivity contribution in [2.75, 3.05) is 0 Å². The van der Waals surface area contributed by atoms with Gasteiger partial charge in [-0.25, -0.2) is 0 Å². The minimum absolute atomic E-state index is 0. The van der Waals surface area contributed by atoms with E-state index in [4.69, 9.17) is 0 Å². The Morgan fingerprint density at radius 3 is 1.80 bits per heavy atom. The molecule has 0 unspecified atom stereocenters. The van der Waals surface area contributed by atoms with Gasteiger partial charge in [0.2, 0.25) is 0 Å². The minimum atomic E-state index is 0. The molecule has 2 aromatic carbocycles. The van der Waals surface area contributed by atoms with Crippen molar-refractivity contribution >= 4 is 5.78 Å². The Bertz CT molecular complexity index is 561. The van der Waals surface area contributed by atoms with Crippen LogP contribution in [0.4, 0.5) is 0 Å². The predicted octanol–water partition coefficient (Wildman–Crippen LogP) is 4.49. The van der Waals surface area contributed by atoms with E-state index in [0.29, 0.717) is 6.42 Å². The second kappa shape index (κ2) is 9.21. The SMILES string of the molecule is CC.O=C1Cc2ccccc2Cc2ccccc21.[CH3-].[Y]. The van der Waals surface area contributed by atoms with E-state index >= 15 is 0 Å². The number of rotatable bonds is 0. The van der Waals surface area contributed by atoms with Crippen LogP contribution >= 0.6 is 0 Å². The first-order valence-corrected chi connectivity index (χ1v) is 6.52.